The maximum Gasteiger partial charge on any atom is 0.335 e. The molecule has 6 aliphatic heterocycles. The van der Waals surface area contributed by atoms with Gasteiger partial charge in [0.1, 0.15) is 41.8 Å². The number of aryl methyl sites for hydroxylation is 2. The smallest absolute Gasteiger partial charge is 0.335 e. The third kappa shape index (κ3) is 19.6. The van der Waals surface area contributed by atoms with Crippen molar-refractivity contribution in [2.45, 2.75) is 135 Å². The number of carboxylic acid groups (broad SMARTS) is 1. The van der Waals surface area contributed by atoms with E-state index < -0.39 is 36.6 Å². The van der Waals surface area contributed by atoms with Crippen molar-refractivity contribution >= 4 is 68.4 Å². The Morgan fingerprint density at radius 2 is 1.01 bits per heavy atom. The summed E-state index contributed by atoms with van der Waals surface area (Å²) >= 11 is 0. The van der Waals surface area contributed by atoms with Crippen molar-refractivity contribution in [2.75, 3.05) is 117 Å². The summed E-state index contributed by atoms with van der Waals surface area (Å²) in [4.78, 5) is 115. The molecule has 600 valence electrons. The van der Waals surface area contributed by atoms with Crippen LogP contribution in [0.15, 0.2) is 132 Å². The molecule has 0 radical (unpaired) electrons. The van der Waals surface area contributed by atoms with Gasteiger partial charge in [0.25, 0.3) is 17.0 Å². The Morgan fingerprint density at radius 1 is 0.531 bits per heavy atom. The largest absolute Gasteiger partial charge is 0.495 e. The number of anilines is 2. The number of aromatic carboxylic acids is 1. The number of carboxylic acids is 1. The molecule has 3 N–H and O–H groups in total. The number of Topliss-reactive ketones (excluding diaryl/α,β-unsaturated/α-hetero) is 1. The van der Waals surface area contributed by atoms with Crippen molar-refractivity contribution in [1.29, 1.82) is 0 Å². The van der Waals surface area contributed by atoms with Crippen LogP contribution in [0.25, 0.3) is 43.8 Å². The Balaban J connectivity index is 0.000000177. The second kappa shape index (κ2) is 38.1. The molecule has 4 aromatic carbocycles. The number of aromatic nitrogens is 4. The molecule has 4 atom stereocenters. The molecule has 0 aliphatic carbocycles. The van der Waals surface area contributed by atoms with Crippen molar-refractivity contribution in [2.24, 2.45) is 11.8 Å². The van der Waals surface area contributed by atoms with Gasteiger partial charge >= 0.3 is 12.0 Å². The number of likely N-dealkylation sites (tertiary alicyclic amines) is 3. The number of benzene rings is 4. The molecule has 0 unspecified atom stereocenters. The maximum atomic E-state index is 15.7. The van der Waals surface area contributed by atoms with E-state index in [0.29, 0.717) is 126 Å². The fourth-order valence-electron chi connectivity index (χ4n) is 15.7. The number of halogens is 2. The topological polar surface area (TPSA) is 288 Å². The summed E-state index contributed by atoms with van der Waals surface area (Å²) in [6.45, 7) is 13.1. The van der Waals surface area contributed by atoms with E-state index in [2.05, 4.69) is 44.2 Å². The van der Waals surface area contributed by atoms with Gasteiger partial charge in [0.15, 0.2) is 23.0 Å². The van der Waals surface area contributed by atoms with Crippen LogP contribution in [-0.4, -0.2) is 206 Å². The quantitative estimate of drug-likeness (QED) is 0.0474. The highest BCUT2D eigenvalue weighted by Gasteiger charge is 2.37. The van der Waals surface area contributed by atoms with Crippen molar-refractivity contribution < 1.29 is 71.1 Å². The number of hydrogen-bond donors (Lipinski definition) is 3. The second-order valence-electron chi connectivity index (χ2n) is 29.6. The number of alkyl halides is 2. The van der Waals surface area contributed by atoms with Gasteiger partial charge in [-0.05, 0) is 171 Å². The summed E-state index contributed by atoms with van der Waals surface area (Å²) in [5.41, 5.74) is 4.82. The number of amides is 5. The number of nitrogens with one attached hydrogen (secondary N) is 2. The van der Waals surface area contributed by atoms with Crippen LogP contribution in [-0.2, 0) is 27.5 Å². The average Bonchev–Trinajstić information content (AvgIpc) is 0.771. The van der Waals surface area contributed by atoms with Gasteiger partial charge in [0, 0.05) is 145 Å². The van der Waals surface area contributed by atoms with Crippen LogP contribution in [0.1, 0.15) is 118 Å². The molecule has 0 spiro atoms. The number of methoxy groups -OCH3 is 4. The second-order valence-corrected chi connectivity index (χ2v) is 29.6. The van der Waals surface area contributed by atoms with E-state index >= 15 is 8.78 Å². The number of rotatable bonds is 24. The van der Waals surface area contributed by atoms with Gasteiger partial charge in [0.05, 0.1) is 62.6 Å². The molecule has 8 aromatic rings. The minimum Gasteiger partial charge on any atom is -0.495 e. The first kappa shape index (κ1) is 81.6. The zero-order valence-corrected chi connectivity index (χ0v) is 65.0. The number of carbonyl (C=O) groups is 6. The molecule has 5 amide bonds. The first-order valence-corrected chi connectivity index (χ1v) is 39.2. The van der Waals surface area contributed by atoms with Gasteiger partial charge in [-0.25, -0.2) is 18.4 Å². The highest BCUT2D eigenvalue weighted by molar-refractivity contribution is 6.10. The summed E-state index contributed by atoms with van der Waals surface area (Å²) in [6, 6.07) is 23.8. The van der Waals surface area contributed by atoms with E-state index in [1.165, 1.54) is 55.1 Å². The number of ether oxygens (including phenoxy) is 6. The number of piperidine rings is 5. The van der Waals surface area contributed by atoms with Crippen molar-refractivity contribution in [3.05, 3.63) is 154 Å². The van der Waals surface area contributed by atoms with Crippen LogP contribution >= 0.6 is 0 Å². The minimum atomic E-state index is -1.19. The summed E-state index contributed by atoms with van der Waals surface area (Å²) in [5.74, 6) is 1.95. The lowest BCUT2D eigenvalue weighted by Crippen LogP contribution is -2.49. The molecule has 26 nitrogen and oxygen atoms in total. The first-order valence-electron chi connectivity index (χ1n) is 39.2. The maximum absolute atomic E-state index is 15.7. The third-order valence-corrected chi connectivity index (χ3v) is 22.1. The zero-order valence-electron chi connectivity index (χ0n) is 65.0. The number of hydrogen-bond acceptors (Lipinski definition) is 19. The molecule has 10 heterocycles. The molecule has 113 heavy (non-hydrogen) atoms. The Hall–Kier alpha value is -10.8. The lowest BCUT2D eigenvalue weighted by atomic mass is 9.94. The number of fused-ring (bicyclic) bond motifs is 2. The van der Waals surface area contributed by atoms with Crippen molar-refractivity contribution in [3.63, 3.8) is 0 Å². The molecule has 6 aliphatic rings. The minimum absolute atomic E-state index is 0.0299. The highest BCUT2D eigenvalue weighted by Crippen LogP contribution is 2.41. The summed E-state index contributed by atoms with van der Waals surface area (Å²) in [7, 11) is 6.11. The third-order valence-electron chi connectivity index (χ3n) is 22.1. The highest BCUT2D eigenvalue weighted by atomic mass is 19.1. The normalized spacial score (nSPS) is 19.4. The van der Waals surface area contributed by atoms with Crippen molar-refractivity contribution in [3.8, 4) is 56.8 Å². The van der Waals surface area contributed by atoms with E-state index in [0.717, 1.165) is 104 Å². The van der Waals surface area contributed by atoms with Gasteiger partial charge in [-0.2, -0.15) is 0 Å². The molecule has 6 saturated heterocycles. The fraction of sp³-hybridized carbons (Fsp3) is 0.459. The number of nitrogens with zero attached hydrogens (tertiary/aromatic N) is 9. The predicted octanol–water partition coefficient (Wildman–Crippen LogP) is 11.4. The number of imide groups is 1. The average molecular weight is 1550 g/mol. The van der Waals surface area contributed by atoms with Crippen LogP contribution in [0.4, 0.5) is 25.0 Å². The number of carbonyl (C=O) groups excluding carboxylic acids is 5. The lowest BCUT2D eigenvalue weighted by molar-refractivity contribution is -0.128. The molecule has 14 rings (SSSR count). The fourth-order valence-corrected chi connectivity index (χ4v) is 15.7. The molecule has 4 aromatic heterocycles. The molecular formula is C85H101F2N11O15. The van der Waals surface area contributed by atoms with E-state index in [9.17, 15) is 38.4 Å². The van der Waals surface area contributed by atoms with Gasteiger partial charge in [-0.3, -0.25) is 58.8 Å². The molecular weight excluding hydrogens is 1450 g/mol. The number of unbranched alkanes of at least 4 members (excludes halogenated alkanes) is 2. The first-order chi connectivity index (χ1) is 54.8. The number of ketones is 1. The zero-order chi connectivity index (χ0) is 79.8. The molecule has 6 fully saturated rings. The molecule has 0 bridgehead atoms. The Labute approximate surface area is 655 Å². The monoisotopic (exact) mass is 1550 g/mol. The Bertz CT molecular complexity index is 4870. The summed E-state index contributed by atoms with van der Waals surface area (Å²) in [5, 5.41) is 17.3. The Morgan fingerprint density at radius 3 is 1.49 bits per heavy atom. The van der Waals surface area contributed by atoms with E-state index in [-0.39, 0.29) is 79.1 Å². The van der Waals surface area contributed by atoms with E-state index in [1.807, 2.05) is 65.8 Å². The standard InChI is InChI=1S/C43H50FN5O7.C30H39FN4O3.C12H12N2O5/c1-4-5-16-48-26-34(32-10-15-45-24-33(32)43(48)53)29-6-9-39(40(22-29)55-3)56-37-14-17-46(27-35(37)44)25-28-11-18-47(19-12-28)42(52)30-7-8-38(54-2)36(21-30)49-20-13-31(50)23-41(49)51;1-3-4-14-35-19-25(23-9-13-33-17-24(23)30(35)36)22-5-6-28(29(16-22)37-2)38-27-10-15-34(20-26(27)31)18-21-7-11-32-12-8-21;1-19-9-3-2-7(11(16)17)6-8(9)14-5-4-10(15)13-12(14)18/h6-10,15,21-22,24,26,28,35,37H,4-5,11-14,16-20,23,25,27H2,1-3H3;5-6,9,13,16-17,19,21,26-27,32H,3-4,7-8,10-12,14-15,18,20H2,1-2H3;2-3,6H,4-5H2,1H3,(H,16,17)(H,13,15,18)/t35-,37-;26-,27-;/m00./s1. The summed E-state index contributed by atoms with van der Waals surface area (Å²) in [6.07, 6.45) is 16.3. The SMILES string of the molecule is CCCCn1cc(-c2ccc(O[C@H]3CCN(CC4CCN(C(=O)c5ccc(OC)c(N6CCC(=O)CC6=O)c5)CC4)C[C@@H]3F)c(OC)c2)c2ccncc2c1=O.CCCCn1cc(-c2ccc(O[C@H]3CCN(CC4CCNCC4)C[C@@H]3F)c(OC)c2)c2ccncc2c1=O.COc1ccc(C(=O)O)cc1N1CCC(=O)NC1=O. The summed E-state index contributed by atoms with van der Waals surface area (Å²) < 4.78 is 69.0. The van der Waals surface area contributed by atoms with Crippen molar-refractivity contribution in [1.82, 2.24) is 44.4 Å². The number of urea groups is 1. The molecule has 0 saturated carbocycles. The van der Waals surface area contributed by atoms with E-state index in [1.54, 1.807) is 66.3 Å². The van der Waals surface area contributed by atoms with Gasteiger partial charge < -0.3 is 57.8 Å². The van der Waals surface area contributed by atoms with Crippen LogP contribution in [0.5, 0.6) is 34.5 Å². The van der Waals surface area contributed by atoms with Gasteiger partial charge in [0.2, 0.25) is 11.8 Å². The van der Waals surface area contributed by atoms with E-state index in [4.69, 9.17) is 33.5 Å². The van der Waals surface area contributed by atoms with Crippen LogP contribution in [0.3, 0.4) is 0 Å². The van der Waals surface area contributed by atoms with Crippen LogP contribution in [0.2, 0.25) is 0 Å². The Kier molecular flexibility index (Phi) is 27.5. The van der Waals surface area contributed by atoms with Crippen LogP contribution in [0, 0.1) is 11.8 Å². The van der Waals surface area contributed by atoms with Gasteiger partial charge in [-0.1, -0.05) is 38.8 Å². The predicted molar refractivity (Wildman–Crippen MR) is 426 cm³/mol. The molecule has 28 heteroatoms. The lowest BCUT2D eigenvalue weighted by Gasteiger charge is -2.39. The van der Waals surface area contributed by atoms with Gasteiger partial charge in [-0.15, -0.1) is 0 Å². The van der Waals surface area contributed by atoms with Crippen LogP contribution < -0.4 is 60.0 Å². The number of pyridine rings is 4.